The van der Waals surface area contributed by atoms with Crippen LogP contribution in [0.5, 0.6) is 0 Å². The molecular weight excluding hydrogens is 216 g/mol. The number of nitrogen functional groups attached to an aromatic ring is 1. The van der Waals surface area contributed by atoms with Gasteiger partial charge in [0.1, 0.15) is 0 Å². The minimum absolute atomic E-state index is 0.248. The smallest absolute Gasteiger partial charge is 0.231 e. The van der Waals surface area contributed by atoms with Gasteiger partial charge < -0.3 is 16.0 Å². The number of rotatable bonds is 6. The van der Waals surface area contributed by atoms with E-state index in [1.54, 1.807) is 0 Å². The fraction of sp³-hybridized carbons (Fsp3) is 0.727. The molecule has 0 aliphatic heterocycles. The highest BCUT2D eigenvalue weighted by molar-refractivity contribution is 5.41. The fourth-order valence-electron chi connectivity index (χ4n) is 1.55. The minimum atomic E-state index is 0.248. The van der Waals surface area contributed by atoms with Crippen molar-refractivity contribution in [2.75, 3.05) is 30.0 Å². The zero-order chi connectivity index (χ0) is 12.8. The van der Waals surface area contributed by atoms with Gasteiger partial charge in [-0.15, -0.1) is 0 Å². The van der Waals surface area contributed by atoms with Crippen LogP contribution in [0, 0.1) is 0 Å². The van der Waals surface area contributed by atoms with Crippen molar-refractivity contribution in [3.63, 3.8) is 0 Å². The standard InChI is InChI=1S/C11H22N6/c1-5-7-8(6-2)13-10-14-9(12)15-11(16-10)17(3)4/h8H,5-7H2,1-4H3,(H3,12,13,14,15,16). The Morgan fingerprint density at radius 3 is 2.47 bits per heavy atom. The van der Waals surface area contributed by atoms with Crippen molar-refractivity contribution in [2.45, 2.75) is 39.2 Å². The van der Waals surface area contributed by atoms with Gasteiger partial charge in [-0.05, 0) is 12.8 Å². The van der Waals surface area contributed by atoms with Crippen LogP contribution in [0.4, 0.5) is 17.8 Å². The summed E-state index contributed by atoms with van der Waals surface area (Å²) in [6.07, 6.45) is 3.27. The Labute approximate surface area is 103 Å². The van der Waals surface area contributed by atoms with E-state index in [-0.39, 0.29) is 5.95 Å². The lowest BCUT2D eigenvalue weighted by atomic mass is 10.1. The van der Waals surface area contributed by atoms with Crippen LogP contribution < -0.4 is 16.0 Å². The maximum atomic E-state index is 5.66. The van der Waals surface area contributed by atoms with Crippen LogP contribution in [0.1, 0.15) is 33.1 Å². The molecule has 6 nitrogen and oxygen atoms in total. The van der Waals surface area contributed by atoms with Crippen molar-refractivity contribution < 1.29 is 0 Å². The molecule has 0 amide bonds. The third kappa shape index (κ3) is 4.05. The summed E-state index contributed by atoms with van der Waals surface area (Å²) in [5, 5.41) is 3.30. The first-order valence-electron chi connectivity index (χ1n) is 6.02. The van der Waals surface area contributed by atoms with Crippen LogP contribution in [0.2, 0.25) is 0 Å². The molecular formula is C11H22N6. The van der Waals surface area contributed by atoms with E-state index >= 15 is 0 Å². The Balaban J connectivity index is 2.82. The Morgan fingerprint density at radius 1 is 1.24 bits per heavy atom. The van der Waals surface area contributed by atoms with Crippen LogP contribution in [0.25, 0.3) is 0 Å². The lowest BCUT2D eigenvalue weighted by molar-refractivity contribution is 0.617. The van der Waals surface area contributed by atoms with Crippen LogP contribution >= 0.6 is 0 Å². The molecule has 1 atom stereocenters. The molecule has 0 aromatic carbocycles. The molecule has 0 saturated heterocycles. The van der Waals surface area contributed by atoms with Crippen molar-refractivity contribution in [1.29, 1.82) is 0 Å². The molecule has 6 heteroatoms. The van der Waals surface area contributed by atoms with Crippen molar-refractivity contribution in [3.8, 4) is 0 Å². The second kappa shape index (κ2) is 6.22. The van der Waals surface area contributed by atoms with Crippen LogP contribution in [-0.4, -0.2) is 35.1 Å². The lowest BCUT2D eigenvalue weighted by Gasteiger charge is -2.17. The van der Waals surface area contributed by atoms with Gasteiger partial charge in [0.05, 0.1) is 0 Å². The zero-order valence-corrected chi connectivity index (χ0v) is 11.1. The molecule has 3 N–H and O–H groups in total. The average molecular weight is 238 g/mol. The average Bonchev–Trinajstić information content (AvgIpc) is 2.27. The molecule has 0 aliphatic carbocycles. The molecule has 0 fully saturated rings. The van der Waals surface area contributed by atoms with E-state index in [2.05, 4.69) is 34.1 Å². The van der Waals surface area contributed by atoms with E-state index in [1.165, 1.54) is 0 Å². The number of hydrogen-bond donors (Lipinski definition) is 2. The molecule has 1 aromatic heterocycles. The summed E-state index contributed by atoms with van der Waals surface area (Å²) in [4.78, 5) is 14.3. The van der Waals surface area contributed by atoms with Gasteiger partial charge in [0.25, 0.3) is 0 Å². The third-order valence-corrected chi connectivity index (χ3v) is 2.50. The highest BCUT2D eigenvalue weighted by Crippen LogP contribution is 2.12. The van der Waals surface area contributed by atoms with Crippen molar-refractivity contribution in [1.82, 2.24) is 15.0 Å². The molecule has 17 heavy (non-hydrogen) atoms. The predicted molar refractivity (Wildman–Crippen MR) is 71.2 cm³/mol. The molecule has 0 radical (unpaired) electrons. The summed E-state index contributed by atoms with van der Waals surface area (Å²) in [7, 11) is 3.75. The Bertz CT molecular complexity index is 352. The predicted octanol–water partition coefficient (Wildman–Crippen LogP) is 1.51. The minimum Gasteiger partial charge on any atom is -0.368 e. The number of nitrogens with one attached hydrogen (secondary N) is 1. The summed E-state index contributed by atoms with van der Waals surface area (Å²) < 4.78 is 0. The van der Waals surface area contributed by atoms with E-state index in [9.17, 15) is 0 Å². The van der Waals surface area contributed by atoms with Gasteiger partial charge in [-0.25, -0.2) is 0 Å². The first kappa shape index (κ1) is 13.5. The van der Waals surface area contributed by atoms with Crippen molar-refractivity contribution in [2.24, 2.45) is 0 Å². The molecule has 1 heterocycles. The second-order valence-corrected chi connectivity index (χ2v) is 4.25. The summed E-state index contributed by atoms with van der Waals surface area (Å²) in [6, 6.07) is 0.386. The first-order valence-corrected chi connectivity index (χ1v) is 6.02. The second-order valence-electron chi connectivity index (χ2n) is 4.25. The lowest BCUT2D eigenvalue weighted by Crippen LogP contribution is -2.22. The molecule has 0 saturated carbocycles. The number of anilines is 3. The van der Waals surface area contributed by atoms with Crippen LogP contribution in [0.15, 0.2) is 0 Å². The molecule has 1 aromatic rings. The molecule has 1 unspecified atom stereocenters. The van der Waals surface area contributed by atoms with E-state index < -0.39 is 0 Å². The Morgan fingerprint density at radius 2 is 1.94 bits per heavy atom. The summed E-state index contributed by atoms with van der Waals surface area (Å²) in [5.74, 6) is 1.38. The van der Waals surface area contributed by atoms with Crippen LogP contribution in [-0.2, 0) is 0 Å². The van der Waals surface area contributed by atoms with E-state index in [4.69, 9.17) is 5.73 Å². The van der Waals surface area contributed by atoms with E-state index in [0.29, 0.717) is 17.9 Å². The van der Waals surface area contributed by atoms with Gasteiger partial charge in [-0.2, -0.15) is 15.0 Å². The third-order valence-electron chi connectivity index (χ3n) is 2.50. The van der Waals surface area contributed by atoms with Gasteiger partial charge in [0.15, 0.2) is 0 Å². The van der Waals surface area contributed by atoms with Gasteiger partial charge in [-0.3, -0.25) is 0 Å². The molecule has 1 rings (SSSR count). The van der Waals surface area contributed by atoms with Gasteiger partial charge in [0, 0.05) is 20.1 Å². The summed E-state index contributed by atoms with van der Waals surface area (Å²) in [6.45, 7) is 4.31. The normalized spacial score (nSPS) is 12.2. The molecule has 0 spiro atoms. The zero-order valence-electron chi connectivity index (χ0n) is 11.1. The first-order chi connectivity index (χ1) is 8.06. The Hall–Kier alpha value is -1.59. The van der Waals surface area contributed by atoms with Crippen molar-refractivity contribution in [3.05, 3.63) is 0 Å². The maximum absolute atomic E-state index is 5.66. The number of nitrogens with zero attached hydrogens (tertiary/aromatic N) is 4. The molecule has 0 aliphatic rings. The highest BCUT2D eigenvalue weighted by Gasteiger charge is 2.10. The Kier molecular flexibility index (Phi) is 4.93. The molecule has 96 valence electrons. The fourth-order valence-corrected chi connectivity index (χ4v) is 1.55. The SMILES string of the molecule is CCCC(CC)Nc1nc(N)nc(N(C)C)n1. The highest BCUT2D eigenvalue weighted by atomic mass is 15.3. The quantitative estimate of drug-likeness (QED) is 0.782. The van der Waals surface area contributed by atoms with Gasteiger partial charge in [0.2, 0.25) is 17.8 Å². The maximum Gasteiger partial charge on any atom is 0.231 e. The molecule has 0 bridgehead atoms. The monoisotopic (exact) mass is 238 g/mol. The number of nitrogens with two attached hydrogens (primary N) is 1. The number of aromatic nitrogens is 3. The van der Waals surface area contributed by atoms with E-state index in [0.717, 1.165) is 19.3 Å². The topological polar surface area (TPSA) is 80.0 Å². The van der Waals surface area contributed by atoms with Gasteiger partial charge >= 0.3 is 0 Å². The largest absolute Gasteiger partial charge is 0.368 e. The summed E-state index contributed by atoms with van der Waals surface area (Å²) in [5.41, 5.74) is 5.66. The summed E-state index contributed by atoms with van der Waals surface area (Å²) >= 11 is 0. The van der Waals surface area contributed by atoms with E-state index in [1.807, 2.05) is 19.0 Å². The van der Waals surface area contributed by atoms with Crippen molar-refractivity contribution >= 4 is 17.8 Å². The van der Waals surface area contributed by atoms with Crippen LogP contribution in [0.3, 0.4) is 0 Å². The van der Waals surface area contributed by atoms with Gasteiger partial charge in [-0.1, -0.05) is 20.3 Å². The number of hydrogen-bond acceptors (Lipinski definition) is 6.